The van der Waals surface area contributed by atoms with Gasteiger partial charge in [0.25, 0.3) is 0 Å². The SMILES string of the molecule is COC1CCN(c2ccc(NC(=O)CNS(=O)(=O)c3c(Cl)cccc3Cl)cc2)C1. The van der Waals surface area contributed by atoms with Crippen LogP contribution < -0.4 is 14.9 Å². The Morgan fingerprint density at radius 1 is 1.17 bits per heavy atom. The third kappa shape index (κ3) is 5.40. The Morgan fingerprint density at radius 2 is 1.83 bits per heavy atom. The van der Waals surface area contributed by atoms with Gasteiger partial charge in [-0.1, -0.05) is 29.3 Å². The number of sulfonamides is 1. The lowest BCUT2D eigenvalue weighted by Crippen LogP contribution is -2.33. The molecule has 0 radical (unpaired) electrons. The van der Waals surface area contributed by atoms with Crippen LogP contribution in [0.15, 0.2) is 47.4 Å². The molecule has 1 aliphatic rings. The summed E-state index contributed by atoms with van der Waals surface area (Å²) in [4.78, 5) is 14.1. The van der Waals surface area contributed by atoms with E-state index in [0.29, 0.717) is 5.69 Å². The minimum Gasteiger partial charge on any atom is -0.380 e. The third-order valence-corrected chi connectivity index (χ3v) is 6.96. The highest BCUT2D eigenvalue weighted by atomic mass is 35.5. The molecule has 1 fully saturated rings. The standard InChI is InChI=1S/C19H21Cl2N3O4S/c1-28-15-9-10-24(12-15)14-7-5-13(6-8-14)23-18(25)11-22-29(26,27)19-16(20)3-2-4-17(19)21/h2-8,15,22H,9-12H2,1H3,(H,23,25). The van der Waals surface area contributed by atoms with E-state index in [1.807, 2.05) is 12.1 Å². The molecule has 1 aliphatic heterocycles. The molecule has 1 atom stereocenters. The molecule has 0 bridgehead atoms. The van der Waals surface area contributed by atoms with Gasteiger partial charge in [-0.3, -0.25) is 4.79 Å². The van der Waals surface area contributed by atoms with Crippen LogP contribution in [0.2, 0.25) is 10.0 Å². The highest BCUT2D eigenvalue weighted by Gasteiger charge is 2.23. The van der Waals surface area contributed by atoms with E-state index in [4.69, 9.17) is 27.9 Å². The predicted octanol–water partition coefficient (Wildman–Crippen LogP) is 3.14. The maximum atomic E-state index is 12.4. The van der Waals surface area contributed by atoms with Gasteiger partial charge in [-0.15, -0.1) is 0 Å². The Balaban J connectivity index is 1.57. The molecule has 1 heterocycles. The van der Waals surface area contributed by atoms with Crippen molar-refractivity contribution in [1.29, 1.82) is 0 Å². The van der Waals surface area contributed by atoms with Crippen LogP contribution in [0, 0.1) is 0 Å². The summed E-state index contributed by atoms with van der Waals surface area (Å²) in [7, 11) is -2.32. The molecule has 2 N–H and O–H groups in total. The minimum absolute atomic E-state index is 0.0152. The van der Waals surface area contributed by atoms with Crippen LogP contribution in [0.3, 0.4) is 0 Å². The Bertz CT molecular complexity index is 963. The summed E-state index contributed by atoms with van der Waals surface area (Å²) < 4.78 is 32.4. The Kier molecular flexibility index (Phi) is 7.02. The molecule has 0 saturated carbocycles. The number of rotatable bonds is 7. The quantitative estimate of drug-likeness (QED) is 0.666. The highest BCUT2D eigenvalue weighted by Crippen LogP contribution is 2.28. The van der Waals surface area contributed by atoms with E-state index in [0.717, 1.165) is 25.2 Å². The van der Waals surface area contributed by atoms with Crippen molar-refractivity contribution < 1.29 is 17.9 Å². The summed E-state index contributed by atoms with van der Waals surface area (Å²) in [5.41, 5.74) is 1.60. The van der Waals surface area contributed by atoms with Crippen molar-refractivity contribution in [1.82, 2.24) is 4.72 Å². The van der Waals surface area contributed by atoms with E-state index >= 15 is 0 Å². The van der Waals surface area contributed by atoms with Gasteiger partial charge in [0.05, 0.1) is 22.7 Å². The van der Waals surface area contributed by atoms with Gasteiger partial charge in [-0.25, -0.2) is 13.1 Å². The molecule has 10 heteroatoms. The predicted molar refractivity (Wildman–Crippen MR) is 114 cm³/mol. The number of ether oxygens (including phenoxy) is 1. The fourth-order valence-electron chi connectivity index (χ4n) is 3.09. The molecule has 0 aliphatic carbocycles. The number of carbonyl (C=O) groups excluding carboxylic acids is 1. The third-order valence-electron chi connectivity index (χ3n) is 4.60. The van der Waals surface area contributed by atoms with Gasteiger partial charge in [0.1, 0.15) is 4.90 Å². The van der Waals surface area contributed by atoms with E-state index in [2.05, 4.69) is 14.9 Å². The monoisotopic (exact) mass is 457 g/mol. The molecule has 0 aromatic heterocycles. The van der Waals surface area contributed by atoms with Gasteiger partial charge in [0.15, 0.2) is 0 Å². The average molecular weight is 458 g/mol. The Hall–Kier alpha value is -1.84. The fourth-order valence-corrected chi connectivity index (χ4v) is 5.21. The second-order valence-electron chi connectivity index (χ2n) is 6.56. The normalized spacial score (nSPS) is 16.8. The zero-order chi connectivity index (χ0) is 21.0. The molecule has 1 amide bonds. The van der Waals surface area contributed by atoms with Crippen molar-refractivity contribution in [2.75, 3.05) is 37.0 Å². The van der Waals surface area contributed by atoms with E-state index in [-0.39, 0.29) is 21.0 Å². The van der Waals surface area contributed by atoms with Crippen molar-refractivity contribution in [3.05, 3.63) is 52.5 Å². The largest absolute Gasteiger partial charge is 0.380 e. The lowest BCUT2D eigenvalue weighted by atomic mass is 10.2. The maximum Gasteiger partial charge on any atom is 0.244 e. The number of benzene rings is 2. The zero-order valence-corrected chi connectivity index (χ0v) is 18.0. The van der Waals surface area contributed by atoms with Gasteiger partial charge >= 0.3 is 0 Å². The number of amides is 1. The minimum atomic E-state index is -4.03. The smallest absolute Gasteiger partial charge is 0.244 e. The first-order valence-electron chi connectivity index (χ1n) is 8.91. The van der Waals surface area contributed by atoms with Crippen molar-refractivity contribution in [2.24, 2.45) is 0 Å². The van der Waals surface area contributed by atoms with Crippen molar-refractivity contribution >= 4 is 50.5 Å². The lowest BCUT2D eigenvalue weighted by Gasteiger charge is -2.18. The molecule has 7 nitrogen and oxygen atoms in total. The van der Waals surface area contributed by atoms with Crippen LogP contribution in [0.25, 0.3) is 0 Å². The van der Waals surface area contributed by atoms with Crippen LogP contribution >= 0.6 is 23.2 Å². The lowest BCUT2D eigenvalue weighted by molar-refractivity contribution is -0.115. The van der Waals surface area contributed by atoms with E-state index in [9.17, 15) is 13.2 Å². The van der Waals surface area contributed by atoms with Crippen molar-refractivity contribution in [3.63, 3.8) is 0 Å². The molecule has 1 unspecified atom stereocenters. The van der Waals surface area contributed by atoms with Crippen molar-refractivity contribution in [3.8, 4) is 0 Å². The number of nitrogens with zero attached hydrogens (tertiary/aromatic N) is 1. The summed E-state index contributed by atoms with van der Waals surface area (Å²) in [6.07, 6.45) is 1.21. The second-order valence-corrected chi connectivity index (χ2v) is 9.08. The van der Waals surface area contributed by atoms with Crippen LogP contribution in [0.1, 0.15) is 6.42 Å². The highest BCUT2D eigenvalue weighted by molar-refractivity contribution is 7.89. The number of carbonyl (C=O) groups is 1. The van der Waals surface area contributed by atoms with Gasteiger partial charge < -0.3 is 15.0 Å². The summed E-state index contributed by atoms with van der Waals surface area (Å²) in [6.45, 7) is 1.29. The number of nitrogens with one attached hydrogen (secondary N) is 2. The molecule has 29 heavy (non-hydrogen) atoms. The molecule has 2 aromatic carbocycles. The molecular formula is C19H21Cl2N3O4S. The van der Waals surface area contributed by atoms with Gasteiger partial charge in [0, 0.05) is 31.6 Å². The molecule has 0 spiro atoms. The topological polar surface area (TPSA) is 87.7 Å². The van der Waals surface area contributed by atoms with Crippen LogP contribution in [0.5, 0.6) is 0 Å². The van der Waals surface area contributed by atoms with Crippen LogP contribution in [-0.4, -0.2) is 47.2 Å². The number of halogens is 2. The fraction of sp³-hybridized carbons (Fsp3) is 0.316. The van der Waals surface area contributed by atoms with Crippen LogP contribution in [-0.2, 0) is 19.6 Å². The average Bonchev–Trinajstić information content (AvgIpc) is 3.16. The molecule has 2 aromatic rings. The molecule has 156 valence electrons. The van der Waals surface area contributed by atoms with E-state index in [1.54, 1.807) is 19.2 Å². The van der Waals surface area contributed by atoms with Crippen LogP contribution in [0.4, 0.5) is 11.4 Å². The number of anilines is 2. The van der Waals surface area contributed by atoms with Crippen molar-refractivity contribution in [2.45, 2.75) is 17.4 Å². The summed E-state index contributed by atoms with van der Waals surface area (Å²) in [5.74, 6) is -0.509. The first-order valence-corrected chi connectivity index (χ1v) is 11.2. The van der Waals surface area contributed by atoms with Gasteiger partial charge in [0.2, 0.25) is 15.9 Å². The summed E-state index contributed by atoms with van der Waals surface area (Å²) in [5, 5.41) is 2.63. The number of hydrogen-bond acceptors (Lipinski definition) is 5. The summed E-state index contributed by atoms with van der Waals surface area (Å²) in [6, 6.07) is 11.7. The zero-order valence-electron chi connectivity index (χ0n) is 15.7. The molecule has 1 saturated heterocycles. The first-order chi connectivity index (χ1) is 13.8. The Labute approximate surface area is 180 Å². The second kappa shape index (κ2) is 9.32. The molecular weight excluding hydrogens is 437 g/mol. The number of methoxy groups -OCH3 is 1. The molecule has 3 rings (SSSR count). The van der Waals surface area contributed by atoms with Gasteiger partial charge in [-0.2, -0.15) is 0 Å². The Morgan fingerprint density at radius 3 is 2.41 bits per heavy atom. The maximum absolute atomic E-state index is 12.4. The van der Waals surface area contributed by atoms with E-state index in [1.165, 1.54) is 18.2 Å². The number of hydrogen-bond donors (Lipinski definition) is 2. The van der Waals surface area contributed by atoms with E-state index < -0.39 is 22.5 Å². The first kappa shape index (κ1) is 21.9. The summed E-state index contributed by atoms with van der Waals surface area (Å²) >= 11 is 11.9. The van der Waals surface area contributed by atoms with Gasteiger partial charge in [-0.05, 0) is 42.8 Å².